The predicted molar refractivity (Wildman–Crippen MR) is 121 cm³/mol. The van der Waals surface area contributed by atoms with Crippen LogP contribution in [0.15, 0.2) is 18.2 Å². The zero-order chi connectivity index (χ0) is 21.8. The molecule has 8 heteroatoms. The summed E-state index contributed by atoms with van der Waals surface area (Å²) in [6.45, 7) is 17.3. The van der Waals surface area contributed by atoms with Crippen molar-refractivity contribution in [2.45, 2.75) is 60.9 Å². The molecule has 29 heavy (non-hydrogen) atoms. The van der Waals surface area contributed by atoms with Crippen molar-refractivity contribution in [1.82, 2.24) is 0 Å². The molecule has 1 aromatic rings. The highest BCUT2D eigenvalue weighted by Crippen LogP contribution is 2.22. The fourth-order valence-electron chi connectivity index (χ4n) is 3.45. The molecule has 0 heterocycles. The van der Waals surface area contributed by atoms with Crippen LogP contribution in [0.25, 0.3) is 0 Å². The monoisotopic (exact) mass is 444 g/mol. The second-order valence-corrected chi connectivity index (χ2v) is 11.7. The number of hydrogen-bond acceptors (Lipinski definition) is 6. The largest absolute Gasteiger partial charge is 0.537 e. The van der Waals surface area contributed by atoms with Crippen molar-refractivity contribution in [2.75, 3.05) is 39.6 Å². The smallest absolute Gasteiger partial charge is 0.374 e. The average Bonchev–Trinajstić information content (AvgIpc) is 2.67. The molecule has 0 fully saturated rings. The van der Waals surface area contributed by atoms with E-state index < -0.39 is 17.6 Å². The average molecular weight is 445 g/mol. The van der Waals surface area contributed by atoms with Gasteiger partial charge in [-0.05, 0) is 60.5 Å². The van der Waals surface area contributed by atoms with Crippen LogP contribution < -0.4 is 5.19 Å². The molecule has 0 atom stereocenters. The number of benzene rings is 1. The van der Waals surface area contributed by atoms with Crippen molar-refractivity contribution in [3.05, 3.63) is 29.3 Å². The third-order valence-electron chi connectivity index (χ3n) is 4.39. The van der Waals surface area contributed by atoms with E-state index in [4.69, 9.17) is 26.6 Å². The van der Waals surface area contributed by atoms with Gasteiger partial charge in [0, 0.05) is 50.9 Å². The third-order valence-corrected chi connectivity index (χ3v) is 10.6. The molecule has 1 rings (SSSR count). The van der Waals surface area contributed by atoms with E-state index in [1.54, 1.807) is 0 Å². The first kappa shape index (κ1) is 26.4. The van der Waals surface area contributed by atoms with E-state index in [9.17, 15) is 0 Å². The van der Waals surface area contributed by atoms with E-state index in [2.05, 4.69) is 25.1 Å². The summed E-state index contributed by atoms with van der Waals surface area (Å²) in [7, 11) is -5.74. The van der Waals surface area contributed by atoms with Gasteiger partial charge in [0.2, 0.25) is 0 Å². The minimum Gasteiger partial charge on any atom is -0.374 e. The molecule has 0 aliphatic carbocycles. The Bertz CT molecular complexity index is 550. The molecular formula is C21H40O6Si2. The summed E-state index contributed by atoms with van der Waals surface area (Å²) >= 11 is 0. The number of aryl methyl sites for hydroxylation is 2. The van der Waals surface area contributed by atoms with Gasteiger partial charge in [0.1, 0.15) is 0 Å². The van der Waals surface area contributed by atoms with E-state index in [0.29, 0.717) is 45.7 Å². The van der Waals surface area contributed by atoms with E-state index in [0.717, 1.165) is 17.2 Å². The Morgan fingerprint density at radius 2 is 1.10 bits per heavy atom. The maximum atomic E-state index is 6.16. The lowest BCUT2D eigenvalue weighted by Crippen LogP contribution is -2.58. The van der Waals surface area contributed by atoms with Gasteiger partial charge < -0.3 is 26.6 Å². The van der Waals surface area contributed by atoms with Crippen LogP contribution in [0.5, 0.6) is 0 Å². The second-order valence-electron chi connectivity index (χ2n) is 6.50. The lowest BCUT2D eigenvalue weighted by atomic mass is 10.1. The van der Waals surface area contributed by atoms with Crippen LogP contribution in [-0.2, 0) is 33.0 Å². The quantitative estimate of drug-likeness (QED) is 0.361. The Morgan fingerprint density at radius 3 is 1.52 bits per heavy atom. The van der Waals surface area contributed by atoms with Gasteiger partial charge in [-0.15, -0.1) is 0 Å². The topological polar surface area (TPSA) is 55.4 Å². The summed E-state index contributed by atoms with van der Waals surface area (Å²) in [5.41, 5.74) is 2.34. The summed E-state index contributed by atoms with van der Waals surface area (Å²) in [6.07, 6.45) is 0.755. The first-order valence-corrected chi connectivity index (χ1v) is 14.6. The predicted octanol–water partition coefficient (Wildman–Crippen LogP) is 3.84. The Labute approximate surface area is 179 Å². The maximum absolute atomic E-state index is 6.16. The van der Waals surface area contributed by atoms with Crippen molar-refractivity contribution in [2.24, 2.45) is 0 Å². The summed E-state index contributed by atoms with van der Waals surface area (Å²) < 4.78 is 36.6. The van der Waals surface area contributed by atoms with Gasteiger partial charge in [-0.25, -0.2) is 0 Å². The SMILES string of the molecule is CCO[Si](CCc1cc(C)ccc1[Si](OCC)(OCC)OCC)(OCC)OCC. The third kappa shape index (κ3) is 7.55. The normalized spacial score (nSPS) is 12.5. The van der Waals surface area contributed by atoms with Gasteiger partial charge in [-0.3, -0.25) is 0 Å². The molecule has 0 aromatic heterocycles. The molecule has 0 saturated heterocycles. The minimum atomic E-state index is -3.00. The molecule has 0 unspecified atom stereocenters. The van der Waals surface area contributed by atoms with E-state index in [1.807, 2.05) is 41.5 Å². The summed E-state index contributed by atoms with van der Waals surface area (Å²) in [5.74, 6) is 0. The van der Waals surface area contributed by atoms with Crippen LogP contribution in [0.1, 0.15) is 52.7 Å². The highest BCUT2D eigenvalue weighted by molar-refractivity contribution is 6.75. The van der Waals surface area contributed by atoms with Crippen LogP contribution in [0.4, 0.5) is 0 Å². The van der Waals surface area contributed by atoms with Crippen molar-refractivity contribution < 1.29 is 26.6 Å². The molecule has 1 aromatic carbocycles. The van der Waals surface area contributed by atoms with Crippen molar-refractivity contribution >= 4 is 22.8 Å². The Hall–Kier alpha value is -0.586. The fraction of sp³-hybridized carbons (Fsp3) is 0.714. The molecule has 0 saturated carbocycles. The second kappa shape index (κ2) is 13.7. The van der Waals surface area contributed by atoms with Gasteiger partial charge in [0.25, 0.3) is 0 Å². The zero-order valence-corrected chi connectivity index (χ0v) is 21.3. The van der Waals surface area contributed by atoms with Gasteiger partial charge in [-0.2, -0.15) is 0 Å². The van der Waals surface area contributed by atoms with Crippen LogP contribution in [0, 0.1) is 6.92 Å². The minimum absolute atomic E-state index is 0.537. The Morgan fingerprint density at radius 1 is 0.655 bits per heavy atom. The molecule has 0 aliphatic heterocycles. The maximum Gasteiger partial charge on any atom is 0.537 e. The fourth-order valence-corrected chi connectivity index (χ4v) is 8.76. The van der Waals surface area contributed by atoms with Gasteiger partial charge in [0.05, 0.1) is 0 Å². The molecule has 6 nitrogen and oxygen atoms in total. The molecule has 0 bridgehead atoms. The first-order chi connectivity index (χ1) is 14.0. The Kier molecular flexibility index (Phi) is 12.5. The molecule has 0 spiro atoms. The Balaban J connectivity index is 3.31. The van der Waals surface area contributed by atoms with E-state index in [1.165, 1.54) is 5.56 Å². The highest BCUT2D eigenvalue weighted by atomic mass is 28.4. The van der Waals surface area contributed by atoms with Crippen LogP contribution in [0.2, 0.25) is 6.04 Å². The number of rotatable bonds is 16. The van der Waals surface area contributed by atoms with Crippen molar-refractivity contribution in [3.8, 4) is 0 Å². The zero-order valence-electron chi connectivity index (χ0n) is 19.3. The van der Waals surface area contributed by atoms with Crippen molar-refractivity contribution in [3.63, 3.8) is 0 Å². The molecule has 0 radical (unpaired) electrons. The van der Waals surface area contributed by atoms with Crippen LogP contribution in [0.3, 0.4) is 0 Å². The lowest BCUT2D eigenvalue weighted by molar-refractivity contribution is 0.0711. The highest BCUT2D eigenvalue weighted by Gasteiger charge is 2.46. The summed E-state index contributed by atoms with van der Waals surface area (Å²) in [5, 5.41) is 1.03. The lowest BCUT2D eigenvalue weighted by Gasteiger charge is -2.32. The summed E-state index contributed by atoms with van der Waals surface area (Å²) in [4.78, 5) is 0. The first-order valence-electron chi connectivity index (χ1n) is 10.9. The van der Waals surface area contributed by atoms with E-state index >= 15 is 0 Å². The molecular weight excluding hydrogens is 404 g/mol. The van der Waals surface area contributed by atoms with Crippen LogP contribution >= 0.6 is 0 Å². The van der Waals surface area contributed by atoms with Crippen molar-refractivity contribution in [1.29, 1.82) is 0 Å². The van der Waals surface area contributed by atoms with Gasteiger partial charge in [0.15, 0.2) is 0 Å². The molecule has 0 aliphatic rings. The molecule has 0 N–H and O–H groups in total. The molecule has 0 amide bonds. The molecule has 168 valence electrons. The van der Waals surface area contributed by atoms with E-state index in [-0.39, 0.29) is 0 Å². The van der Waals surface area contributed by atoms with Gasteiger partial charge >= 0.3 is 17.6 Å². The number of hydrogen-bond donors (Lipinski definition) is 0. The summed E-state index contributed by atoms with van der Waals surface area (Å²) in [6, 6.07) is 7.09. The van der Waals surface area contributed by atoms with Gasteiger partial charge in [-0.1, -0.05) is 23.8 Å². The van der Waals surface area contributed by atoms with Crippen LogP contribution in [-0.4, -0.2) is 57.3 Å². The standard InChI is InChI=1S/C21H40O6Si2/c1-8-22-28(23-9-2,24-10-3)17-16-20-18-19(7)14-15-21(20)29(25-11-4,26-12-5)27-13-6/h14-15,18H,8-13,16-17H2,1-7H3.